The third-order valence-corrected chi connectivity index (χ3v) is 3.77. The van der Waals surface area contributed by atoms with Crippen molar-refractivity contribution in [2.24, 2.45) is 5.92 Å². The average Bonchev–Trinajstić information content (AvgIpc) is 2.69. The topological polar surface area (TPSA) is 55.8 Å². The van der Waals surface area contributed by atoms with Crippen LogP contribution >= 0.6 is 0 Å². The molecule has 120 valence electrons. The fourth-order valence-corrected chi connectivity index (χ4v) is 3.02. The van der Waals surface area contributed by atoms with Gasteiger partial charge in [-0.2, -0.15) is 0 Å². The largest absolute Gasteiger partial charge is 0.441 e. The molecule has 1 atom stereocenters. The van der Waals surface area contributed by atoms with Gasteiger partial charge in [-0.1, -0.05) is 44.2 Å². The molecule has 1 heterocycles. The highest BCUT2D eigenvalue weighted by atomic mass is 16.6. The van der Waals surface area contributed by atoms with Crippen LogP contribution in [-0.2, 0) is 20.9 Å². The molecule has 2 amide bonds. The second-order valence-corrected chi connectivity index (χ2v) is 6.40. The molecule has 1 saturated heterocycles. The first-order chi connectivity index (χ1) is 10.3. The highest BCUT2D eigenvalue weighted by Crippen LogP contribution is 2.34. The molecule has 1 aromatic rings. The molecule has 5 heteroatoms. The summed E-state index contributed by atoms with van der Waals surface area (Å²) < 4.78 is 10.8. The van der Waals surface area contributed by atoms with Crippen LogP contribution in [0, 0.1) is 5.92 Å². The van der Waals surface area contributed by atoms with Crippen molar-refractivity contribution in [2.75, 3.05) is 6.61 Å². The Morgan fingerprint density at radius 1 is 1.32 bits per heavy atom. The van der Waals surface area contributed by atoms with Crippen LogP contribution in [0.5, 0.6) is 0 Å². The van der Waals surface area contributed by atoms with E-state index in [1.54, 1.807) is 0 Å². The molecule has 2 rings (SSSR count). The number of carbonyl (C=O) groups excluding carboxylic acids is 2. The molecule has 0 bridgehead atoms. The van der Waals surface area contributed by atoms with E-state index in [0.717, 1.165) is 5.56 Å². The molecule has 1 unspecified atom stereocenters. The van der Waals surface area contributed by atoms with Gasteiger partial charge in [-0.3, -0.25) is 4.79 Å². The highest BCUT2D eigenvalue weighted by molar-refractivity contribution is 5.94. The number of imide groups is 1. The molecule has 1 aliphatic rings. The molecule has 1 aliphatic heterocycles. The average molecular weight is 305 g/mol. The monoisotopic (exact) mass is 305 g/mol. The zero-order valence-electron chi connectivity index (χ0n) is 13.5. The first-order valence-electron chi connectivity index (χ1n) is 7.49. The summed E-state index contributed by atoms with van der Waals surface area (Å²) in [5.41, 5.74) is 0.306. The van der Waals surface area contributed by atoms with Crippen LogP contribution in [0.3, 0.4) is 0 Å². The van der Waals surface area contributed by atoms with Crippen molar-refractivity contribution >= 4 is 12.0 Å². The predicted octanol–water partition coefficient (Wildman–Crippen LogP) is 2.99. The first-order valence-corrected chi connectivity index (χ1v) is 7.49. The second kappa shape index (κ2) is 6.48. The van der Waals surface area contributed by atoms with Gasteiger partial charge in [-0.25, -0.2) is 9.69 Å². The van der Waals surface area contributed by atoms with Crippen molar-refractivity contribution < 1.29 is 19.1 Å². The van der Waals surface area contributed by atoms with Gasteiger partial charge in [-0.15, -0.1) is 0 Å². The molecule has 0 saturated carbocycles. The smallest absolute Gasteiger partial charge is 0.417 e. The maximum absolute atomic E-state index is 12.3. The molecule has 0 aromatic heterocycles. The van der Waals surface area contributed by atoms with Gasteiger partial charge in [-0.05, 0) is 25.3 Å². The molecular weight excluding hydrogens is 282 g/mol. The van der Waals surface area contributed by atoms with E-state index in [2.05, 4.69) is 0 Å². The normalized spacial score (nSPS) is 20.3. The Balaban J connectivity index is 1.97. The van der Waals surface area contributed by atoms with E-state index in [1.807, 2.05) is 58.0 Å². The van der Waals surface area contributed by atoms with Crippen molar-refractivity contribution in [3.8, 4) is 0 Å². The van der Waals surface area contributed by atoms with Crippen LogP contribution in [0.1, 0.15) is 33.3 Å². The van der Waals surface area contributed by atoms with Gasteiger partial charge in [0.05, 0.1) is 12.6 Å². The molecule has 0 aliphatic carbocycles. The van der Waals surface area contributed by atoms with Gasteiger partial charge in [0.15, 0.2) is 0 Å². The van der Waals surface area contributed by atoms with E-state index in [1.165, 1.54) is 4.90 Å². The van der Waals surface area contributed by atoms with Crippen LogP contribution in [-0.4, -0.2) is 35.2 Å². The van der Waals surface area contributed by atoms with E-state index in [4.69, 9.17) is 9.47 Å². The van der Waals surface area contributed by atoms with Gasteiger partial charge < -0.3 is 9.47 Å². The second-order valence-electron chi connectivity index (χ2n) is 6.40. The number of amides is 2. The predicted molar refractivity (Wildman–Crippen MR) is 82.1 cm³/mol. The Hall–Kier alpha value is -1.88. The lowest BCUT2D eigenvalue weighted by molar-refractivity contribution is -0.135. The number of ether oxygens (including phenoxy) is 2. The van der Waals surface area contributed by atoms with E-state index in [9.17, 15) is 9.59 Å². The lowest BCUT2D eigenvalue weighted by atomic mass is 9.89. The third-order valence-electron chi connectivity index (χ3n) is 3.77. The third kappa shape index (κ3) is 3.47. The molecule has 5 nitrogen and oxygen atoms in total. The van der Waals surface area contributed by atoms with Gasteiger partial charge >= 0.3 is 6.09 Å². The van der Waals surface area contributed by atoms with Crippen LogP contribution in [0.2, 0.25) is 0 Å². The Morgan fingerprint density at radius 3 is 2.55 bits per heavy atom. The minimum Gasteiger partial charge on any atom is -0.441 e. The first kappa shape index (κ1) is 16.5. The van der Waals surface area contributed by atoms with E-state index in [0.29, 0.717) is 6.61 Å². The summed E-state index contributed by atoms with van der Waals surface area (Å²) in [6, 6.07) is 9.31. The number of cyclic esters (lactones) is 1. The van der Waals surface area contributed by atoms with Gasteiger partial charge in [0.1, 0.15) is 12.2 Å². The molecule has 22 heavy (non-hydrogen) atoms. The maximum Gasteiger partial charge on any atom is 0.417 e. The zero-order chi connectivity index (χ0) is 16.3. The molecule has 0 spiro atoms. The Kier molecular flexibility index (Phi) is 4.86. The number of hydrogen-bond acceptors (Lipinski definition) is 4. The summed E-state index contributed by atoms with van der Waals surface area (Å²) in [5.74, 6) is -0.246. The van der Waals surface area contributed by atoms with E-state index in [-0.39, 0.29) is 24.5 Å². The minimum atomic E-state index is -0.680. The van der Waals surface area contributed by atoms with Crippen LogP contribution in [0.4, 0.5) is 4.79 Å². The lowest BCUT2D eigenvalue weighted by Gasteiger charge is -2.30. The summed E-state index contributed by atoms with van der Waals surface area (Å²) in [5, 5.41) is 0. The summed E-state index contributed by atoms with van der Waals surface area (Å²) in [6.07, 6.45) is -0.586. The zero-order valence-corrected chi connectivity index (χ0v) is 13.5. The Labute approximate surface area is 131 Å². The number of carbonyl (C=O) groups is 2. The molecular formula is C17H23NO4. The van der Waals surface area contributed by atoms with Crippen LogP contribution < -0.4 is 0 Å². The van der Waals surface area contributed by atoms with Gasteiger partial charge in [0, 0.05) is 0 Å². The number of rotatable bonds is 5. The van der Waals surface area contributed by atoms with Crippen molar-refractivity contribution in [1.29, 1.82) is 0 Å². The Morgan fingerprint density at radius 2 is 1.95 bits per heavy atom. The van der Waals surface area contributed by atoms with Gasteiger partial charge in [0.25, 0.3) is 5.91 Å². The summed E-state index contributed by atoms with van der Waals surface area (Å²) >= 11 is 0. The fraction of sp³-hybridized carbons (Fsp3) is 0.529. The van der Waals surface area contributed by atoms with Crippen molar-refractivity contribution in [2.45, 2.75) is 45.9 Å². The fourth-order valence-electron chi connectivity index (χ4n) is 3.02. The summed E-state index contributed by atoms with van der Waals surface area (Å²) in [7, 11) is 0. The number of hydrogen-bond donors (Lipinski definition) is 0. The molecule has 0 N–H and O–H groups in total. The number of nitrogens with zero attached hydrogens (tertiary/aromatic N) is 1. The Bertz CT molecular complexity index is 539. The lowest BCUT2D eigenvalue weighted by Crippen LogP contribution is -2.49. The summed E-state index contributed by atoms with van der Waals surface area (Å²) in [4.78, 5) is 25.6. The number of benzene rings is 1. The molecule has 1 aromatic carbocycles. The standard InChI is InChI=1S/C17H23NO4/c1-12(2)15-17(3,4)22-16(20)18(15)14(19)11-21-10-13-8-6-5-7-9-13/h5-9,12,15H,10-11H2,1-4H3. The SMILES string of the molecule is CC(C)C1N(C(=O)COCc2ccccc2)C(=O)OC1(C)C. The van der Waals surface area contributed by atoms with Crippen LogP contribution in [0.25, 0.3) is 0 Å². The van der Waals surface area contributed by atoms with Crippen molar-refractivity contribution in [3.05, 3.63) is 35.9 Å². The van der Waals surface area contributed by atoms with Crippen LogP contribution in [0.15, 0.2) is 30.3 Å². The molecule has 0 radical (unpaired) electrons. The summed E-state index contributed by atoms with van der Waals surface area (Å²) in [6.45, 7) is 7.80. The molecule has 1 fully saturated rings. The minimum absolute atomic E-state index is 0.111. The maximum atomic E-state index is 12.3. The van der Waals surface area contributed by atoms with E-state index < -0.39 is 11.7 Å². The van der Waals surface area contributed by atoms with Crippen molar-refractivity contribution in [3.63, 3.8) is 0 Å². The highest BCUT2D eigenvalue weighted by Gasteiger charge is 2.51. The van der Waals surface area contributed by atoms with Crippen molar-refractivity contribution in [1.82, 2.24) is 4.90 Å². The van der Waals surface area contributed by atoms with Gasteiger partial charge in [0.2, 0.25) is 0 Å². The quantitative estimate of drug-likeness (QED) is 0.839. The van der Waals surface area contributed by atoms with E-state index >= 15 is 0 Å².